The van der Waals surface area contributed by atoms with Crippen molar-refractivity contribution in [1.29, 1.82) is 0 Å². The maximum absolute atomic E-state index is 12.3. The second-order valence-electron chi connectivity index (χ2n) is 4.98. The second-order valence-corrected chi connectivity index (χ2v) is 4.98. The third-order valence-corrected chi connectivity index (χ3v) is 3.56. The lowest BCUT2D eigenvalue weighted by Gasteiger charge is -2.35. The van der Waals surface area contributed by atoms with Crippen LogP contribution in [0.4, 0.5) is 5.82 Å². The van der Waals surface area contributed by atoms with Crippen molar-refractivity contribution in [3.63, 3.8) is 0 Å². The van der Waals surface area contributed by atoms with E-state index in [0.29, 0.717) is 18.7 Å². The number of hydrogen-bond acceptors (Lipinski definition) is 5. The van der Waals surface area contributed by atoms with Crippen molar-refractivity contribution in [2.24, 2.45) is 0 Å². The first-order valence-electron chi connectivity index (χ1n) is 6.98. The van der Waals surface area contributed by atoms with Gasteiger partial charge in [0, 0.05) is 44.8 Å². The van der Waals surface area contributed by atoms with Crippen LogP contribution in [0.15, 0.2) is 36.8 Å². The van der Waals surface area contributed by atoms with Gasteiger partial charge in [-0.1, -0.05) is 0 Å². The Labute approximate surface area is 123 Å². The van der Waals surface area contributed by atoms with Crippen molar-refractivity contribution < 1.29 is 4.79 Å². The van der Waals surface area contributed by atoms with Crippen molar-refractivity contribution in [3.8, 4) is 0 Å². The molecule has 1 amide bonds. The summed E-state index contributed by atoms with van der Waals surface area (Å²) in [5, 5.41) is 0. The zero-order valence-electron chi connectivity index (χ0n) is 11.9. The molecule has 0 atom stereocenters. The van der Waals surface area contributed by atoms with Crippen LogP contribution in [0.1, 0.15) is 16.2 Å². The van der Waals surface area contributed by atoms with Crippen LogP contribution in [0.3, 0.4) is 0 Å². The lowest BCUT2D eigenvalue weighted by atomic mass is 10.2. The van der Waals surface area contributed by atoms with Crippen LogP contribution in [-0.2, 0) is 0 Å². The Kier molecular flexibility index (Phi) is 3.77. The highest BCUT2D eigenvalue weighted by Gasteiger charge is 2.22. The Morgan fingerprint density at radius 1 is 1.14 bits per heavy atom. The van der Waals surface area contributed by atoms with Gasteiger partial charge < -0.3 is 9.80 Å². The van der Waals surface area contributed by atoms with E-state index < -0.39 is 0 Å². The number of nitrogens with zero attached hydrogens (tertiary/aromatic N) is 5. The van der Waals surface area contributed by atoms with E-state index in [1.165, 1.54) is 0 Å². The summed E-state index contributed by atoms with van der Waals surface area (Å²) in [6.45, 7) is 4.82. The maximum atomic E-state index is 12.3. The summed E-state index contributed by atoms with van der Waals surface area (Å²) in [4.78, 5) is 28.9. The lowest BCUT2D eigenvalue weighted by Crippen LogP contribution is -2.49. The van der Waals surface area contributed by atoms with Crippen molar-refractivity contribution in [1.82, 2.24) is 19.9 Å². The van der Waals surface area contributed by atoms with Gasteiger partial charge in [-0.25, -0.2) is 9.97 Å². The number of rotatable bonds is 2. The molecule has 1 aliphatic heterocycles. The minimum absolute atomic E-state index is 0.0432. The summed E-state index contributed by atoms with van der Waals surface area (Å²) in [5.41, 5.74) is 0.642. The smallest absolute Gasteiger partial charge is 0.255 e. The summed E-state index contributed by atoms with van der Waals surface area (Å²) in [6.07, 6.45) is 5.06. The fraction of sp³-hybridized carbons (Fsp3) is 0.333. The highest BCUT2D eigenvalue weighted by Crippen LogP contribution is 2.14. The highest BCUT2D eigenvalue weighted by atomic mass is 16.2. The Hall–Kier alpha value is -2.50. The lowest BCUT2D eigenvalue weighted by molar-refractivity contribution is 0.0746. The SMILES string of the molecule is Cc1nccc(N2CCN(C(=O)c3cccnc3)CC2)n1. The molecule has 3 rings (SSSR count). The van der Waals surface area contributed by atoms with Gasteiger partial charge >= 0.3 is 0 Å². The number of carbonyl (C=O) groups is 1. The van der Waals surface area contributed by atoms with Crippen LogP contribution in [0, 0.1) is 6.92 Å². The Balaban J connectivity index is 1.64. The predicted molar refractivity (Wildman–Crippen MR) is 79.1 cm³/mol. The molecule has 2 aromatic heterocycles. The highest BCUT2D eigenvalue weighted by molar-refractivity contribution is 5.94. The molecule has 21 heavy (non-hydrogen) atoms. The second kappa shape index (κ2) is 5.87. The molecule has 0 N–H and O–H groups in total. The standard InChI is InChI=1S/C15H17N5O/c1-12-17-6-4-14(18-12)19-7-9-20(10-8-19)15(21)13-3-2-5-16-11-13/h2-6,11H,7-10H2,1H3. The average Bonchev–Trinajstić information content (AvgIpc) is 2.55. The van der Waals surface area contributed by atoms with Gasteiger partial charge in [0.2, 0.25) is 0 Å². The molecule has 108 valence electrons. The van der Waals surface area contributed by atoms with Crippen molar-refractivity contribution in [2.45, 2.75) is 6.92 Å². The van der Waals surface area contributed by atoms with Crippen molar-refractivity contribution in [3.05, 3.63) is 48.2 Å². The van der Waals surface area contributed by atoms with Crippen LogP contribution in [0.2, 0.25) is 0 Å². The molecule has 0 spiro atoms. The molecule has 0 aliphatic carbocycles. The predicted octanol–water partition coefficient (Wildman–Crippen LogP) is 1.14. The molecule has 3 heterocycles. The van der Waals surface area contributed by atoms with E-state index in [1.54, 1.807) is 30.7 Å². The molecule has 1 saturated heterocycles. The fourth-order valence-electron chi connectivity index (χ4n) is 2.43. The molecular weight excluding hydrogens is 266 g/mol. The molecule has 0 radical (unpaired) electrons. The number of hydrogen-bond donors (Lipinski definition) is 0. The third-order valence-electron chi connectivity index (χ3n) is 3.56. The van der Waals surface area contributed by atoms with Crippen LogP contribution < -0.4 is 4.90 Å². The maximum Gasteiger partial charge on any atom is 0.255 e. The number of piperazine rings is 1. The van der Waals surface area contributed by atoms with Gasteiger partial charge in [-0.15, -0.1) is 0 Å². The molecule has 0 unspecified atom stereocenters. The van der Waals surface area contributed by atoms with E-state index >= 15 is 0 Å². The first kappa shape index (κ1) is 13.5. The van der Waals surface area contributed by atoms with Gasteiger partial charge in [0.1, 0.15) is 11.6 Å². The summed E-state index contributed by atoms with van der Waals surface area (Å²) >= 11 is 0. The molecule has 2 aromatic rings. The topological polar surface area (TPSA) is 62.2 Å². The number of aromatic nitrogens is 3. The molecule has 6 heteroatoms. The van der Waals surface area contributed by atoms with Gasteiger partial charge in [0.25, 0.3) is 5.91 Å². The van der Waals surface area contributed by atoms with E-state index in [1.807, 2.05) is 17.9 Å². The molecule has 0 saturated carbocycles. The van der Waals surface area contributed by atoms with Crippen LogP contribution >= 0.6 is 0 Å². The monoisotopic (exact) mass is 283 g/mol. The van der Waals surface area contributed by atoms with E-state index in [2.05, 4.69) is 19.9 Å². The summed E-state index contributed by atoms with van der Waals surface area (Å²) in [6, 6.07) is 5.49. The molecule has 1 fully saturated rings. The Morgan fingerprint density at radius 3 is 2.62 bits per heavy atom. The minimum atomic E-state index is 0.0432. The molecule has 6 nitrogen and oxygen atoms in total. The number of anilines is 1. The van der Waals surface area contributed by atoms with E-state index in [9.17, 15) is 4.79 Å². The van der Waals surface area contributed by atoms with Crippen LogP contribution in [-0.4, -0.2) is 51.9 Å². The van der Waals surface area contributed by atoms with E-state index in [-0.39, 0.29) is 5.91 Å². The zero-order valence-corrected chi connectivity index (χ0v) is 11.9. The van der Waals surface area contributed by atoms with Gasteiger partial charge in [-0.2, -0.15) is 0 Å². The Bertz CT molecular complexity index is 623. The van der Waals surface area contributed by atoms with Gasteiger partial charge in [0.15, 0.2) is 0 Å². The van der Waals surface area contributed by atoms with Gasteiger partial charge in [0.05, 0.1) is 5.56 Å². The van der Waals surface area contributed by atoms with E-state index in [0.717, 1.165) is 24.7 Å². The number of pyridine rings is 1. The number of amides is 1. The quantitative estimate of drug-likeness (QED) is 0.827. The van der Waals surface area contributed by atoms with Gasteiger partial charge in [-0.05, 0) is 25.1 Å². The third kappa shape index (κ3) is 2.99. The van der Waals surface area contributed by atoms with Crippen molar-refractivity contribution in [2.75, 3.05) is 31.1 Å². The van der Waals surface area contributed by atoms with Crippen molar-refractivity contribution >= 4 is 11.7 Å². The summed E-state index contributed by atoms with van der Waals surface area (Å²) in [5.74, 6) is 1.74. The molecule has 0 bridgehead atoms. The van der Waals surface area contributed by atoms with E-state index in [4.69, 9.17) is 0 Å². The Morgan fingerprint density at radius 2 is 1.95 bits per heavy atom. The molecular formula is C15H17N5O. The fourth-order valence-corrected chi connectivity index (χ4v) is 2.43. The summed E-state index contributed by atoms with van der Waals surface area (Å²) in [7, 11) is 0. The largest absolute Gasteiger partial charge is 0.353 e. The number of aryl methyl sites for hydroxylation is 1. The molecule has 0 aromatic carbocycles. The van der Waals surface area contributed by atoms with Crippen LogP contribution in [0.25, 0.3) is 0 Å². The average molecular weight is 283 g/mol. The number of carbonyl (C=O) groups excluding carboxylic acids is 1. The van der Waals surface area contributed by atoms with Crippen LogP contribution in [0.5, 0.6) is 0 Å². The zero-order chi connectivity index (χ0) is 14.7. The molecule has 1 aliphatic rings. The normalized spacial score (nSPS) is 15.1. The summed E-state index contributed by atoms with van der Waals surface area (Å²) < 4.78 is 0. The van der Waals surface area contributed by atoms with Gasteiger partial charge in [-0.3, -0.25) is 9.78 Å². The first-order chi connectivity index (χ1) is 10.2. The first-order valence-corrected chi connectivity index (χ1v) is 6.98. The minimum Gasteiger partial charge on any atom is -0.353 e.